The Morgan fingerprint density at radius 3 is 2.31 bits per heavy atom. The normalized spacial score (nSPS) is 15.1. The Bertz CT molecular complexity index is 1250. The molecule has 0 radical (unpaired) electrons. The summed E-state index contributed by atoms with van der Waals surface area (Å²) in [6.07, 6.45) is -0.908. The Kier molecular flexibility index (Phi) is 12.4. The number of hydrogen-bond acceptors (Lipinski definition) is 4. The fourth-order valence-electron chi connectivity index (χ4n) is 5.32. The first-order valence-corrected chi connectivity index (χ1v) is 15.8. The second kappa shape index (κ2) is 15.3. The summed E-state index contributed by atoms with van der Waals surface area (Å²) in [4.78, 5) is 2.09. The fraction of sp³-hybridized carbons (Fsp3) is 0.548. The van der Waals surface area contributed by atoms with Crippen molar-refractivity contribution in [2.24, 2.45) is 0 Å². The van der Waals surface area contributed by atoms with Gasteiger partial charge in [-0.25, -0.2) is 4.39 Å². The Morgan fingerprint density at radius 1 is 0.881 bits per heavy atom. The van der Waals surface area contributed by atoms with E-state index in [-0.39, 0.29) is 23.0 Å². The van der Waals surface area contributed by atoms with Gasteiger partial charge in [-0.15, -0.1) is 0 Å². The largest absolute Gasteiger partial charge is 0.508 e. The molecule has 0 amide bonds. The first-order chi connectivity index (χ1) is 19.8. The quantitative estimate of drug-likeness (QED) is 0.156. The van der Waals surface area contributed by atoms with Gasteiger partial charge >= 0.3 is 12.1 Å². The van der Waals surface area contributed by atoms with Crippen molar-refractivity contribution in [3.63, 3.8) is 0 Å². The second-order valence-electron chi connectivity index (χ2n) is 10.9. The van der Waals surface area contributed by atoms with Gasteiger partial charge in [0.25, 0.3) is 0 Å². The van der Waals surface area contributed by atoms with Gasteiger partial charge in [-0.05, 0) is 124 Å². The molecule has 0 aliphatic heterocycles. The molecule has 0 saturated carbocycles. The number of alkyl halides is 5. The number of allylic oxidation sites excluding steroid dienone is 2. The van der Waals surface area contributed by atoms with E-state index in [1.807, 2.05) is 13.1 Å². The molecule has 4 nitrogen and oxygen atoms in total. The first-order valence-electron chi connectivity index (χ1n) is 14.3. The number of unbranched alkanes of at least 4 members (excludes halogenated alkanes) is 2. The average Bonchev–Trinajstić information content (AvgIpc) is 3.08. The lowest BCUT2D eigenvalue weighted by Gasteiger charge is -2.19. The molecule has 1 unspecified atom stereocenters. The van der Waals surface area contributed by atoms with Gasteiger partial charge in [-0.2, -0.15) is 22.0 Å². The van der Waals surface area contributed by atoms with E-state index >= 15 is 0 Å². The molecular weight excluding hydrogens is 580 g/mol. The first kappa shape index (κ1) is 34.0. The van der Waals surface area contributed by atoms with Gasteiger partial charge in [-0.1, -0.05) is 18.6 Å². The van der Waals surface area contributed by atoms with Crippen LogP contribution in [0.2, 0.25) is 0 Å². The highest BCUT2D eigenvalue weighted by molar-refractivity contribution is 7.84. The van der Waals surface area contributed by atoms with Crippen molar-refractivity contribution in [1.82, 2.24) is 4.90 Å². The molecule has 2 N–H and O–H groups in total. The Labute approximate surface area is 245 Å². The van der Waals surface area contributed by atoms with Crippen LogP contribution in [0.4, 0.5) is 26.3 Å². The SMILES string of the molecule is CN(CCCCCC1=C(c2ccc(O)c(F)c2)CCCc2cc(O)ccc21)CCCS(=O)CCCC(F)(F)C(F)(F)F. The summed E-state index contributed by atoms with van der Waals surface area (Å²) in [7, 11) is 0.493. The number of aromatic hydroxyl groups is 2. The van der Waals surface area contributed by atoms with Crippen LogP contribution in [-0.2, 0) is 17.2 Å². The van der Waals surface area contributed by atoms with Crippen LogP contribution in [0.15, 0.2) is 36.4 Å². The predicted octanol–water partition coefficient (Wildman–Crippen LogP) is 8.09. The molecule has 1 atom stereocenters. The Balaban J connectivity index is 1.47. The van der Waals surface area contributed by atoms with E-state index in [9.17, 15) is 40.8 Å². The number of phenolic OH excluding ortho intramolecular Hbond substituents is 2. The molecule has 2 aromatic rings. The number of phenols is 2. The van der Waals surface area contributed by atoms with Crippen molar-refractivity contribution in [3.8, 4) is 11.5 Å². The van der Waals surface area contributed by atoms with Gasteiger partial charge in [0.15, 0.2) is 11.6 Å². The molecule has 2 aromatic carbocycles. The van der Waals surface area contributed by atoms with Crippen LogP contribution < -0.4 is 0 Å². The third kappa shape index (κ3) is 9.76. The van der Waals surface area contributed by atoms with Crippen molar-refractivity contribution in [2.45, 2.75) is 76.3 Å². The van der Waals surface area contributed by atoms with Gasteiger partial charge < -0.3 is 15.1 Å². The molecule has 0 heterocycles. The van der Waals surface area contributed by atoms with E-state index < -0.39 is 41.6 Å². The minimum atomic E-state index is -5.58. The molecule has 234 valence electrons. The molecule has 0 saturated heterocycles. The van der Waals surface area contributed by atoms with Gasteiger partial charge in [0.05, 0.1) is 0 Å². The molecule has 0 spiro atoms. The fourth-order valence-corrected chi connectivity index (χ4v) is 6.44. The van der Waals surface area contributed by atoms with E-state index in [0.29, 0.717) is 13.0 Å². The Morgan fingerprint density at radius 2 is 1.60 bits per heavy atom. The molecular formula is C31H39F6NO3S. The van der Waals surface area contributed by atoms with E-state index in [4.69, 9.17) is 0 Å². The van der Waals surface area contributed by atoms with Gasteiger partial charge in [0.2, 0.25) is 0 Å². The summed E-state index contributed by atoms with van der Waals surface area (Å²) in [5, 5.41) is 19.7. The number of benzene rings is 2. The smallest absolute Gasteiger partial charge is 0.453 e. The van der Waals surface area contributed by atoms with Crippen molar-refractivity contribution >= 4 is 21.9 Å². The van der Waals surface area contributed by atoms with Crippen molar-refractivity contribution in [1.29, 1.82) is 0 Å². The van der Waals surface area contributed by atoms with Crippen LogP contribution in [-0.4, -0.2) is 63.1 Å². The molecule has 11 heteroatoms. The van der Waals surface area contributed by atoms with Crippen LogP contribution in [0.25, 0.3) is 11.1 Å². The van der Waals surface area contributed by atoms with Crippen molar-refractivity contribution in [2.75, 3.05) is 31.6 Å². The van der Waals surface area contributed by atoms with E-state index in [2.05, 4.69) is 4.90 Å². The monoisotopic (exact) mass is 619 g/mol. The molecule has 3 rings (SSSR count). The highest BCUT2D eigenvalue weighted by Crippen LogP contribution is 2.41. The van der Waals surface area contributed by atoms with Crippen LogP contribution in [0.3, 0.4) is 0 Å². The summed E-state index contributed by atoms with van der Waals surface area (Å²) in [5.74, 6) is -5.51. The van der Waals surface area contributed by atoms with E-state index in [0.717, 1.165) is 79.3 Å². The van der Waals surface area contributed by atoms with Crippen LogP contribution >= 0.6 is 0 Å². The number of halogens is 6. The van der Waals surface area contributed by atoms with Crippen molar-refractivity contribution < 1.29 is 40.8 Å². The number of fused-ring (bicyclic) bond motifs is 1. The average molecular weight is 620 g/mol. The minimum Gasteiger partial charge on any atom is -0.508 e. The zero-order valence-electron chi connectivity index (χ0n) is 23.8. The third-order valence-corrected chi connectivity index (χ3v) is 9.09. The maximum atomic E-state index is 14.2. The van der Waals surface area contributed by atoms with Gasteiger partial charge in [0, 0.05) is 28.7 Å². The topological polar surface area (TPSA) is 60.8 Å². The molecule has 0 bridgehead atoms. The third-order valence-electron chi connectivity index (χ3n) is 7.60. The van der Waals surface area contributed by atoms with E-state index in [1.165, 1.54) is 12.1 Å². The van der Waals surface area contributed by atoms with Crippen molar-refractivity contribution in [3.05, 3.63) is 58.9 Å². The van der Waals surface area contributed by atoms with Crippen LogP contribution in [0.1, 0.15) is 74.5 Å². The van der Waals surface area contributed by atoms with Gasteiger partial charge in [0.1, 0.15) is 5.75 Å². The lowest BCUT2D eigenvalue weighted by atomic mass is 9.89. The molecule has 42 heavy (non-hydrogen) atoms. The summed E-state index contributed by atoms with van der Waals surface area (Å²) < 4.78 is 88.9. The lowest BCUT2D eigenvalue weighted by Crippen LogP contribution is -2.36. The summed E-state index contributed by atoms with van der Waals surface area (Å²) in [6.45, 7) is 1.44. The summed E-state index contributed by atoms with van der Waals surface area (Å²) in [5.41, 5.74) is 5.03. The summed E-state index contributed by atoms with van der Waals surface area (Å²) >= 11 is 0. The maximum absolute atomic E-state index is 14.2. The maximum Gasteiger partial charge on any atom is 0.453 e. The van der Waals surface area contributed by atoms with Crippen LogP contribution in [0.5, 0.6) is 11.5 Å². The van der Waals surface area contributed by atoms with Gasteiger partial charge in [-0.3, -0.25) is 4.21 Å². The molecule has 1 aliphatic rings. The lowest BCUT2D eigenvalue weighted by molar-refractivity contribution is -0.284. The second-order valence-corrected chi connectivity index (χ2v) is 12.6. The zero-order valence-corrected chi connectivity index (χ0v) is 24.6. The zero-order chi connectivity index (χ0) is 30.9. The van der Waals surface area contributed by atoms with E-state index in [1.54, 1.807) is 18.2 Å². The predicted molar refractivity (Wildman–Crippen MR) is 155 cm³/mol. The minimum absolute atomic E-state index is 0.174. The highest BCUT2D eigenvalue weighted by Gasteiger charge is 2.56. The van der Waals surface area contributed by atoms with Crippen LogP contribution in [0, 0.1) is 5.82 Å². The Hall–Kier alpha value is -2.53. The number of hydrogen-bond donors (Lipinski definition) is 2. The number of rotatable bonds is 15. The molecule has 1 aliphatic carbocycles. The molecule has 0 aromatic heterocycles. The summed E-state index contributed by atoms with van der Waals surface area (Å²) in [6, 6.07) is 9.85. The number of aryl methyl sites for hydroxylation is 1. The molecule has 0 fully saturated rings. The standard InChI is InChI=1S/C31H39F6NO3S/c1-38(17-7-19-42(41)18-6-15-30(33,34)31(35,36)37)16-4-2-3-9-27-25(23-11-14-29(40)28(32)21-23)10-5-8-22-20-24(39)12-13-26(22)27/h11-14,20-21,39-40H,2-10,15-19H2,1H3. The highest BCUT2D eigenvalue weighted by atomic mass is 32.2. The number of nitrogens with zero attached hydrogens (tertiary/aromatic N) is 1.